The molecular weight excluding hydrogens is 378 g/mol. The summed E-state index contributed by atoms with van der Waals surface area (Å²) >= 11 is 6.00. The van der Waals surface area contributed by atoms with Gasteiger partial charge in [-0.15, -0.1) is 0 Å². The van der Waals surface area contributed by atoms with E-state index in [0.29, 0.717) is 35.4 Å². The molecule has 2 aliphatic rings. The summed E-state index contributed by atoms with van der Waals surface area (Å²) < 4.78 is 17.3. The molecule has 2 heterocycles. The Morgan fingerprint density at radius 1 is 1.25 bits per heavy atom. The zero-order chi connectivity index (χ0) is 19.8. The number of pyridine rings is 1. The van der Waals surface area contributed by atoms with Crippen molar-refractivity contribution in [2.75, 3.05) is 7.11 Å². The van der Waals surface area contributed by atoms with Gasteiger partial charge in [0, 0.05) is 29.5 Å². The van der Waals surface area contributed by atoms with Crippen LogP contribution in [0.3, 0.4) is 0 Å². The minimum atomic E-state index is -0.234. The molecule has 1 aliphatic heterocycles. The molecule has 6 heteroatoms. The number of methoxy groups -OCH3 is 1. The molecule has 0 N–H and O–H groups in total. The van der Waals surface area contributed by atoms with Crippen LogP contribution in [-0.2, 0) is 20.9 Å². The number of esters is 1. The number of rotatable bonds is 4. The number of benzene rings is 1. The number of nitrogens with zero attached hydrogens (tertiary/aromatic N) is 1. The highest BCUT2D eigenvalue weighted by Gasteiger charge is 2.38. The van der Waals surface area contributed by atoms with Crippen molar-refractivity contribution >= 4 is 17.6 Å². The summed E-state index contributed by atoms with van der Waals surface area (Å²) in [7, 11) is 1.70. The Bertz CT molecular complexity index is 883. The number of fused-ring (bicyclic) bond motifs is 1. The molecule has 4 unspecified atom stereocenters. The van der Waals surface area contributed by atoms with E-state index < -0.39 is 0 Å². The van der Waals surface area contributed by atoms with E-state index in [2.05, 4.69) is 11.9 Å². The quantitative estimate of drug-likeness (QED) is 0.699. The predicted octanol–water partition coefficient (Wildman–Crippen LogP) is 4.63. The maximum Gasteiger partial charge on any atom is 0.314 e. The summed E-state index contributed by atoms with van der Waals surface area (Å²) in [5, 5.41) is 0.679. The highest BCUT2D eigenvalue weighted by Crippen LogP contribution is 2.42. The minimum Gasteiger partial charge on any atom is -0.424 e. The first kappa shape index (κ1) is 19.4. The van der Waals surface area contributed by atoms with Crippen molar-refractivity contribution in [2.45, 2.75) is 45.5 Å². The highest BCUT2D eigenvalue weighted by atomic mass is 35.5. The minimum absolute atomic E-state index is 0.107. The van der Waals surface area contributed by atoms with Gasteiger partial charge in [-0.1, -0.05) is 30.7 Å². The first-order chi connectivity index (χ1) is 13.5. The van der Waals surface area contributed by atoms with Gasteiger partial charge in [-0.25, -0.2) is 0 Å². The molecule has 0 saturated heterocycles. The summed E-state index contributed by atoms with van der Waals surface area (Å²) in [4.78, 5) is 17.3. The molecule has 148 valence electrons. The van der Waals surface area contributed by atoms with Crippen LogP contribution in [0.2, 0.25) is 5.02 Å². The normalized spacial score (nSPS) is 26.3. The van der Waals surface area contributed by atoms with Crippen LogP contribution < -0.4 is 4.74 Å². The number of aromatic nitrogens is 1. The van der Waals surface area contributed by atoms with E-state index in [4.69, 9.17) is 25.8 Å². The van der Waals surface area contributed by atoms with E-state index in [-0.39, 0.29) is 24.1 Å². The fourth-order valence-electron chi connectivity index (χ4n) is 4.25. The SMILES string of the molecule is COC1CC(C(=O)Oc2c(C)ncc3c2COC3c2ccc(Cl)cc2)CC1C. The van der Waals surface area contributed by atoms with E-state index in [1.54, 1.807) is 7.11 Å². The fraction of sp³-hybridized carbons (Fsp3) is 0.455. The predicted molar refractivity (Wildman–Crippen MR) is 105 cm³/mol. The molecule has 1 aromatic carbocycles. The number of hydrogen-bond donors (Lipinski definition) is 0. The Hall–Kier alpha value is -1.95. The molecule has 1 aromatic heterocycles. The van der Waals surface area contributed by atoms with Crippen molar-refractivity contribution in [1.82, 2.24) is 4.98 Å². The summed E-state index contributed by atoms with van der Waals surface area (Å²) in [6, 6.07) is 7.57. The lowest BCUT2D eigenvalue weighted by Crippen LogP contribution is -2.20. The molecule has 28 heavy (non-hydrogen) atoms. The Kier molecular flexibility index (Phi) is 5.41. The van der Waals surface area contributed by atoms with E-state index in [0.717, 1.165) is 23.1 Å². The third kappa shape index (κ3) is 3.54. The van der Waals surface area contributed by atoms with Gasteiger partial charge in [0.2, 0.25) is 0 Å². The lowest BCUT2D eigenvalue weighted by molar-refractivity contribution is -0.139. The zero-order valence-electron chi connectivity index (χ0n) is 16.3. The summed E-state index contributed by atoms with van der Waals surface area (Å²) in [6.45, 7) is 4.35. The van der Waals surface area contributed by atoms with Gasteiger partial charge in [0.15, 0.2) is 5.75 Å². The van der Waals surface area contributed by atoms with E-state index in [1.165, 1.54) is 0 Å². The molecule has 0 radical (unpaired) electrons. The van der Waals surface area contributed by atoms with E-state index in [1.807, 2.05) is 37.4 Å². The molecular formula is C22H24ClNO4. The zero-order valence-corrected chi connectivity index (χ0v) is 17.0. The average molecular weight is 402 g/mol. The molecule has 1 saturated carbocycles. The van der Waals surface area contributed by atoms with Gasteiger partial charge >= 0.3 is 5.97 Å². The van der Waals surface area contributed by atoms with E-state index >= 15 is 0 Å². The molecule has 1 fully saturated rings. The molecule has 5 nitrogen and oxygen atoms in total. The highest BCUT2D eigenvalue weighted by molar-refractivity contribution is 6.30. The summed E-state index contributed by atoms with van der Waals surface area (Å²) in [5.74, 6) is 0.526. The van der Waals surface area contributed by atoms with Gasteiger partial charge in [-0.05, 0) is 43.4 Å². The Morgan fingerprint density at radius 3 is 2.68 bits per heavy atom. The van der Waals surface area contributed by atoms with Gasteiger partial charge in [-0.3, -0.25) is 9.78 Å². The van der Waals surface area contributed by atoms with Gasteiger partial charge < -0.3 is 14.2 Å². The second-order valence-corrected chi connectivity index (χ2v) is 8.13. The molecule has 2 aromatic rings. The molecule has 0 bridgehead atoms. The summed E-state index contributed by atoms with van der Waals surface area (Å²) in [5.41, 5.74) is 3.53. The third-order valence-corrected chi connectivity index (χ3v) is 6.10. The number of ether oxygens (including phenoxy) is 3. The smallest absolute Gasteiger partial charge is 0.314 e. The van der Waals surface area contributed by atoms with Crippen LogP contribution in [0.15, 0.2) is 30.5 Å². The molecule has 1 aliphatic carbocycles. The first-order valence-corrected chi connectivity index (χ1v) is 9.95. The maximum atomic E-state index is 12.8. The number of aryl methyl sites for hydroxylation is 1. The summed E-state index contributed by atoms with van der Waals surface area (Å²) in [6.07, 6.45) is 3.16. The molecule has 0 amide bonds. The fourth-order valence-corrected chi connectivity index (χ4v) is 4.37. The monoisotopic (exact) mass is 401 g/mol. The van der Waals surface area contributed by atoms with Crippen molar-refractivity contribution in [3.8, 4) is 5.75 Å². The lowest BCUT2D eigenvalue weighted by atomic mass is 10.00. The second kappa shape index (κ2) is 7.82. The van der Waals surface area contributed by atoms with Crippen LogP contribution >= 0.6 is 11.6 Å². The van der Waals surface area contributed by atoms with Crippen molar-refractivity contribution in [3.63, 3.8) is 0 Å². The number of halogens is 1. The van der Waals surface area contributed by atoms with Crippen molar-refractivity contribution in [2.24, 2.45) is 11.8 Å². The Morgan fingerprint density at radius 2 is 2.00 bits per heavy atom. The third-order valence-electron chi connectivity index (χ3n) is 5.84. The molecule has 4 atom stereocenters. The van der Waals surface area contributed by atoms with Crippen molar-refractivity contribution in [1.29, 1.82) is 0 Å². The van der Waals surface area contributed by atoms with Gasteiger partial charge in [0.05, 0.1) is 24.3 Å². The second-order valence-electron chi connectivity index (χ2n) is 7.69. The van der Waals surface area contributed by atoms with E-state index in [9.17, 15) is 4.79 Å². The van der Waals surface area contributed by atoms with Crippen LogP contribution in [0.25, 0.3) is 0 Å². The van der Waals surface area contributed by atoms with Gasteiger partial charge in [0.25, 0.3) is 0 Å². The van der Waals surface area contributed by atoms with Gasteiger partial charge in [-0.2, -0.15) is 0 Å². The Balaban J connectivity index is 1.58. The molecule has 0 spiro atoms. The van der Waals surface area contributed by atoms with Crippen LogP contribution in [0.5, 0.6) is 5.75 Å². The van der Waals surface area contributed by atoms with Crippen LogP contribution in [0, 0.1) is 18.8 Å². The van der Waals surface area contributed by atoms with Crippen molar-refractivity contribution < 1.29 is 19.0 Å². The number of carbonyl (C=O) groups excluding carboxylic acids is 1. The van der Waals surface area contributed by atoms with Crippen LogP contribution in [-0.4, -0.2) is 24.2 Å². The average Bonchev–Trinajstić information content (AvgIpc) is 3.28. The van der Waals surface area contributed by atoms with Crippen LogP contribution in [0.1, 0.15) is 48.3 Å². The first-order valence-electron chi connectivity index (χ1n) is 9.57. The maximum absolute atomic E-state index is 12.8. The molecule has 4 rings (SSSR count). The topological polar surface area (TPSA) is 57.7 Å². The standard InChI is InChI=1S/C22H24ClNO4/c1-12-8-15(9-19(12)26-3)22(25)28-20-13(2)24-10-17-18(20)11-27-21(17)14-4-6-16(23)7-5-14/h4-7,10,12,15,19,21H,8-9,11H2,1-3H3. The van der Waals surface area contributed by atoms with Crippen LogP contribution in [0.4, 0.5) is 0 Å². The van der Waals surface area contributed by atoms with Crippen molar-refractivity contribution in [3.05, 3.63) is 57.9 Å². The van der Waals surface area contributed by atoms with Gasteiger partial charge in [0.1, 0.15) is 6.10 Å². The largest absolute Gasteiger partial charge is 0.424 e. The number of carbonyl (C=O) groups is 1. The Labute approximate surface area is 170 Å². The lowest BCUT2D eigenvalue weighted by Gasteiger charge is -2.15. The number of hydrogen-bond acceptors (Lipinski definition) is 5.